The summed E-state index contributed by atoms with van der Waals surface area (Å²) < 4.78 is 6.05. The lowest BCUT2D eigenvalue weighted by Gasteiger charge is -2.23. The molecular weight excluding hydrogens is 458 g/mol. The molecule has 170 valence electrons. The second kappa shape index (κ2) is 8.74. The fourth-order valence-corrected chi connectivity index (χ4v) is 4.78. The zero-order chi connectivity index (χ0) is 23.1. The summed E-state index contributed by atoms with van der Waals surface area (Å²) in [6, 6.07) is 8.21. The smallest absolute Gasteiger partial charge is 0.182 e. The second-order valence-corrected chi connectivity index (χ2v) is 9.68. The molecule has 0 fully saturated rings. The van der Waals surface area contributed by atoms with Crippen molar-refractivity contribution >= 4 is 44.2 Å². The molecule has 4 aromatic rings. The van der Waals surface area contributed by atoms with Gasteiger partial charge in [-0.05, 0) is 44.8 Å². The number of hydrogen-bond donors (Lipinski definition) is 1. The van der Waals surface area contributed by atoms with Crippen molar-refractivity contribution in [3.05, 3.63) is 52.6 Å². The highest BCUT2D eigenvalue weighted by Crippen LogP contribution is 2.34. The van der Waals surface area contributed by atoms with Crippen LogP contribution in [0.4, 0.5) is 10.9 Å². The third-order valence-corrected chi connectivity index (χ3v) is 6.69. The molecule has 5 rings (SSSR count). The Morgan fingerprint density at radius 3 is 2.85 bits per heavy atom. The lowest BCUT2D eigenvalue weighted by atomic mass is 10.0. The first-order chi connectivity index (χ1) is 15.9. The molecule has 0 radical (unpaired) electrons. The fourth-order valence-electron chi connectivity index (χ4n) is 3.92. The molecule has 33 heavy (non-hydrogen) atoms. The normalized spacial score (nSPS) is 13.8. The molecule has 1 aromatic carbocycles. The minimum atomic E-state index is 0.520. The molecule has 0 amide bonds. The molecule has 1 aliphatic rings. The maximum Gasteiger partial charge on any atom is 0.182 e. The Balaban J connectivity index is 1.50. The van der Waals surface area contributed by atoms with Crippen molar-refractivity contribution in [1.29, 1.82) is 0 Å². The number of aryl methyl sites for hydroxylation is 1. The Kier molecular flexibility index (Phi) is 5.77. The number of anilines is 2. The number of nitrogen functional groups attached to an aromatic ring is 1. The molecule has 0 atom stereocenters. The Hall–Kier alpha value is -3.01. The van der Waals surface area contributed by atoms with Gasteiger partial charge in [0.2, 0.25) is 0 Å². The number of nitrogens with two attached hydrogens (primary N) is 1. The molecule has 10 heteroatoms. The summed E-state index contributed by atoms with van der Waals surface area (Å²) in [5.41, 5.74) is 10.5. The fraction of sp³-hybridized carbons (Fsp3) is 0.304. The predicted octanol–water partition coefficient (Wildman–Crippen LogP) is 4.15. The minimum Gasteiger partial charge on any atom is -0.491 e. The average Bonchev–Trinajstić information content (AvgIpc) is 3.01. The first kappa shape index (κ1) is 21.8. The van der Waals surface area contributed by atoms with Crippen LogP contribution < -0.4 is 15.4 Å². The molecule has 0 aliphatic carbocycles. The zero-order valence-electron chi connectivity index (χ0n) is 18.7. The Labute approximate surface area is 201 Å². The molecular formula is C23H24ClN7OS. The van der Waals surface area contributed by atoms with E-state index in [1.807, 2.05) is 50.3 Å². The zero-order valence-corrected chi connectivity index (χ0v) is 20.2. The second-order valence-electron chi connectivity index (χ2n) is 8.29. The van der Waals surface area contributed by atoms with Crippen LogP contribution in [0.3, 0.4) is 0 Å². The van der Waals surface area contributed by atoms with Gasteiger partial charge in [0.1, 0.15) is 33.6 Å². The van der Waals surface area contributed by atoms with Crippen LogP contribution in [-0.4, -0.2) is 52.1 Å². The lowest BCUT2D eigenvalue weighted by molar-refractivity contribution is 0.331. The molecule has 0 spiro atoms. The van der Waals surface area contributed by atoms with Gasteiger partial charge in [-0.25, -0.2) is 19.9 Å². The number of halogens is 1. The van der Waals surface area contributed by atoms with Crippen molar-refractivity contribution in [3.63, 3.8) is 0 Å². The standard InChI is InChI=1S/C23H24ClN7OS/c1-13-20(24)21(29-19(27-13)12-30(2)3)31-6-7-32-18-5-4-14(8-16(18)11-31)15-9-17-22(26-10-15)33-23(25)28-17/h4-5,8-10H,6-7,11-12H2,1-3H3,(H2,25,28). The first-order valence-corrected chi connectivity index (χ1v) is 11.8. The Morgan fingerprint density at radius 1 is 1.18 bits per heavy atom. The number of benzene rings is 1. The first-order valence-electron chi connectivity index (χ1n) is 10.6. The molecule has 8 nitrogen and oxygen atoms in total. The maximum absolute atomic E-state index is 6.65. The minimum absolute atomic E-state index is 0.520. The molecule has 4 heterocycles. The summed E-state index contributed by atoms with van der Waals surface area (Å²) in [5, 5.41) is 1.10. The van der Waals surface area contributed by atoms with E-state index in [0.29, 0.717) is 36.4 Å². The van der Waals surface area contributed by atoms with Gasteiger partial charge in [0.15, 0.2) is 10.9 Å². The monoisotopic (exact) mass is 481 g/mol. The highest BCUT2D eigenvalue weighted by Gasteiger charge is 2.22. The van der Waals surface area contributed by atoms with Crippen molar-refractivity contribution < 1.29 is 4.74 Å². The molecule has 2 N–H and O–H groups in total. The van der Waals surface area contributed by atoms with E-state index in [4.69, 9.17) is 27.1 Å². The summed E-state index contributed by atoms with van der Waals surface area (Å²) in [5.74, 6) is 2.35. The van der Waals surface area contributed by atoms with Crippen LogP contribution in [0, 0.1) is 6.92 Å². The van der Waals surface area contributed by atoms with Gasteiger partial charge >= 0.3 is 0 Å². The van der Waals surface area contributed by atoms with E-state index in [1.54, 1.807) is 0 Å². The molecule has 3 aromatic heterocycles. The third-order valence-electron chi connectivity index (χ3n) is 5.44. The summed E-state index contributed by atoms with van der Waals surface area (Å²) in [6.07, 6.45) is 1.86. The van der Waals surface area contributed by atoms with Crippen LogP contribution in [0.25, 0.3) is 21.5 Å². The third kappa shape index (κ3) is 4.44. The molecule has 0 saturated heterocycles. The predicted molar refractivity (Wildman–Crippen MR) is 133 cm³/mol. The average molecular weight is 482 g/mol. The van der Waals surface area contributed by atoms with Gasteiger partial charge in [-0.2, -0.15) is 0 Å². The van der Waals surface area contributed by atoms with E-state index in [1.165, 1.54) is 11.3 Å². The molecule has 0 unspecified atom stereocenters. The van der Waals surface area contributed by atoms with E-state index < -0.39 is 0 Å². The quantitative estimate of drug-likeness (QED) is 0.464. The van der Waals surface area contributed by atoms with Crippen molar-refractivity contribution in [2.24, 2.45) is 0 Å². The number of ether oxygens (including phenoxy) is 1. The van der Waals surface area contributed by atoms with Crippen LogP contribution in [0.15, 0.2) is 30.5 Å². The van der Waals surface area contributed by atoms with Gasteiger partial charge < -0.3 is 20.3 Å². The van der Waals surface area contributed by atoms with E-state index in [9.17, 15) is 0 Å². The summed E-state index contributed by atoms with van der Waals surface area (Å²) in [7, 11) is 3.99. The van der Waals surface area contributed by atoms with E-state index in [0.717, 1.165) is 50.1 Å². The number of rotatable bonds is 4. The number of aromatic nitrogens is 4. The van der Waals surface area contributed by atoms with Gasteiger partial charge in [0, 0.05) is 23.9 Å². The Bertz CT molecular complexity index is 1340. The number of thiazole rings is 1. The van der Waals surface area contributed by atoms with Crippen molar-refractivity contribution in [1.82, 2.24) is 24.8 Å². The van der Waals surface area contributed by atoms with Gasteiger partial charge in [0.25, 0.3) is 0 Å². The summed E-state index contributed by atoms with van der Waals surface area (Å²) >= 11 is 8.04. The molecule has 1 aliphatic heterocycles. The van der Waals surface area contributed by atoms with Crippen molar-refractivity contribution in [2.45, 2.75) is 20.0 Å². The van der Waals surface area contributed by atoms with Crippen molar-refractivity contribution in [3.8, 4) is 16.9 Å². The van der Waals surface area contributed by atoms with Crippen LogP contribution >= 0.6 is 22.9 Å². The van der Waals surface area contributed by atoms with Crippen LogP contribution in [-0.2, 0) is 13.1 Å². The van der Waals surface area contributed by atoms with Crippen LogP contribution in [0.2, 0.25) is 5.02 Å². The SMILES string of the molecule is Cc1nc(CN(C)C)nc(N2CCOc3ccc(-c4cnc5sc(N)nc5c4)cc3C2)c1Cl. The van der Waals surface area contributed by atoms with Gasteiger partial charge in [0.05, 0.1) is 18.8 Å². The van der Waals surface area contributed by atoms with E-state index >= 15 is 0 Å². The molecule has 0 bridgehead atoms. The largest absolute Gasteiger partial charge is 0.491 e. The number of pyridine rings is 1. The Morgan fingerprint density at radius 2 is 2.03 bits per heavy atom. The molecule has 0 saturated carbocycles. The van der Waals surface area contributed by atoms with E-state index in [2.05, 4.69) is 25.9 Å². The summed E-state index contributed by atoms with van der Waals surface area (Å²) in [6.45, 7) is 4.40. The summed E-state index contributed by atoms with van der Waals surface area (Å²) in [4.78, 5) is 23.3. The van der Waals surface area contributed by atoms with E-state index in [-0.39, 0.29) is 0 Å². The van der Waals surface area contributed by atoms with Crippen molar-refractivity contribution in [2.75, 3.05) is 37.9 Å². The lowest BCUT2D eigenvalue weighted by Crippen LogP contribution is -2.27. The highest BCUT2D eigenvalue weighted by molar-refractivity contribution is 7.21. The van der Waals surface area contributed by atoms with Gasteiger partial charge in [-0.1, -0.05) is 29.0 Å². The highest BCUT2D eigenvalue weighted by atomic mass is 35.5. The van der Waals surface area contributed by atoms with Crippen LogP contribution in [0.1, 0.15) is 17.1 Å². The van der Waals surface area contributed by atoms with Gasteiger partial charge in [-0.15, -0.1) is 0 Å². The topological polar surface area (TPSA) is 93.3 Å². The number of hydrogen-bond acceptors (Lipinski definition) is 9. The number of fused-ring (bicyclic) bond motifs is 2. The van der Waals surface area contributed by atoms with Gasteiger partial charge in [-0.3, -0.25) is 0 Å². The maximum atomic E-state index is 6.65. The van der Waals surface area contributed by atoms with Crippen LogP contribution in [0.5, 0.6) is 5.75 Å². The number of nitrogens with zero attached hydrogens (tertiary/aromatic N) is 6.